The summed E-state index contributed by atoms with van der Waals surface area (Å²) in [4.78, 5) is 0. The van der Waals surface area contributed by atoms with Crippen LogP contribution in [0.5, 0.6) is 0 Å². The van der Waals surface area contributed by atoms with Crippen LogP contribution in [-0.2, 0) is 13.0 Å². The van der Waals surface area contributed by atoms with Gasteiger partial charge in [0.2, 0.25) is 0 Å². The summed E-state index contributed by atoms with van der Waals surface area (Å²) in [6, 6.07) is 6.34. The van der Waals surface area contributed by atoms with Crippen LogP contribution >= 0.6 is 0 Å². The van der Waals surface area contributed by atoms with Crippen LogP contribution in [0, 0.1) is 0 Å². The normalized spacial score (nSPS) is 15.8. The maximum Gasteiger partial charge on any atom is 0.0615 e. The molecule has 2 N–H and O–H groups in total. The van der Waals surface area contributed by atoms with Crippen molar-refractivity contribution < 1.29 is 5.11 Å². The van der Waals surface area contributed by atoms with E-state index in [1.54, 1.807) is 6.08 Å². The quantitative estimate of drug-likeness (QED) is 0.735. The standard InChI is InChI=1S/C12H15NO/c14-8-2-5-10-3-1-4-11-9-13-7-6-12(10)11/h1-5,13-14H,6-9H2. The monoisotopic (exact) mass is 189 g/mol. The molecule has 0 aliphatic carbocycles. The lowest BCUT2D eigenvalue weighted by Gasteiger charge is -2.18. The Bertz CT molecular complexity index is 344. The summed E-state index contributed by atoms with van der Waals surface area (Å²) in [6.07, 6.45) is 4.88. The molecule has 0 bridgehead atoms. The Morgan fingerprint density at radius 3 is 3.21 bits per heavy atom. The van der Waals surface area contributed by atoms with E-state index in [1.165, 1.54) is 16.7 Å². The third kappa shape index (κ3) is 1.86. The zero-order chi connectivity index (χ0) is 9.80. The molecule has 1 aliphatic rings. The van der Waals surface area contributed by atoms with Crippen LogP contribution in [0.4, 0.5) is 0 Å². The Hall–Kier alpha value is -1.12. The molecule has 1 aromatic carbocycles. The average Bonchev–Trinajstić information content (AvgIpc) is 2.26. The first kappa shape index (κ1) is 9.44. The molecule has 14 heavy (non-hydrogen) atoms. The molecule has 74 valence electrons. The van der Waals surface area contributed by atoms with E-state index in [-0.39, 0.29) is 6.61 Å². The second-order valence-electron chi connectivity index (χ2n) is 3.50. The van der Waals surface area contributed by atoms with Gasteiger partial charge in [0.15, 0.2) is 0 Å². The van der Waals surface area contributed by atoms with Gasteiger partial charge in [-0.05, 0) is 29.7 Å². The third-order valence-corrected chi connectivity index (χ3v) is 2.58. The van der Waals surface area contributed by atoms with Gasteiger partial charge in [0, 0.05) is 6.54 Å². The van der Waals surface area contributed by atoms with E-state index >= 15 is 0 Å². The van der Waals surface area contributed by atoms with Gasteiger partial charge in [-0.2, -0.15) is 0 Å². The van der Waals surface area contributed by atoms with E-state index in [4.69, 9.17) is 5.11 Å². The summed E-state index contributed by atoms with van der Waals surface area (Å²) < 4.78 is 0. The van der Waals surface area contributed by atoms with Crippen molar-refractivity contribution in [1.82, 2.24) is 5.32 Å². The van der Waals surface area contributed by atoms with Crippen molar-refractivity contribution >= 4 is 6.08 Å². The largest absolute Gasteiger partial charge is 0.392 e. The fourth-order valence-corrected chi connectivity index (χ4v) is 1.90. The second-order valence-corrected chi connectivity index (χ2v) is 3.50. The molecule has 2 rings (SSSR count). The van der Waals surface area contributed by atoms with Crippen molar-refractivity contribution in [2.24, 2.45) is 0 Å². The molecule has 0 unspecified atom stereocenters. The molecule has 1 aromatic rings. The van der Waals surface area contributed by atoms with Gasteiger partial charge in [0.25, 0.3) is 0 Å². The first-order valence-corrected chi connectivity index (χ1v) is 5.00. The van der Waals surface area contributed by atoms with E-state index in [0.29, 0.717) is 0 Å². The van der Waals surface area contributed by atoms with Crippen molar-refractivity contribution in [1.29, 1.82) is 0 Å². The van der Waals surface area contributed by atoms with E-state index < -0.39 is 0 Å². The minimum Gasteiger partial charge on any atom is -0.392 e. The molecule has 0 radical (unpaired) electrons. The summed E-state index contributed by atoms with van der Waals surface area (Å²) in [5.41, 5.74) is 4.06. The number of rotatable bonds is 2. The predicted octanol–water partition coefficient (Wildman–Crippen LogP) is 1.34. The van der Waals surface area contributed by atoms with Crippen LogP contribution in [-0.4, -0.2) is 18.3 Å². The molecule has 0 spiro atoms. The Kier molecular flexibility index (Phi) is 2.96. The van der Waals surface area contributed by atoms with Gasteiger partial charge in [-0.3, -0.25) is 0 Å². The number of benzene rings is 1. The molecule has 0 fully saturated rings. The highest BCUT2D eigenvalue weighted by Gasteiger charge is 2.09. The first-order chi connectivity index (χ1) is 6.92. The summed E-state index contributed by atoms with van der Waals surface area (Å²) in [5, 5.41) is 12.1. The minimum absolute atomic E-state index is 0.113. The van der Waals surface area contributed by atoms with Crippen LogP contribution in [0.2, 0.25) is 0 Å². The number of aliphatic hydroxyl groups is 1. The molecular weight excluding hydrogens is 174 g/mol. The van der Waals surface area contributed by atoms with Gasteiger partial charge in [-0.25, -0.2) is 0 Å². The molecule has 0 amide bonds. The van der Waals surface area contributed by atoms with E-state index in [9.17, 15) is 0 Å². The molecule has 2 heteroatoms. The molecule has 0 aromatic heterocycles. The molecule has 0 atom stereocenters. The van der Waals surface area contributed by atoms with Gasteiger partial charge < -0.3 is 10.4 Å². The van der Waals surface area contributed by atoms with Crippen molar-refractivity contribution in [3.05, 3.63) is 41.0 Å². The number of hydrogen-bond donors (Lipinski definition) is 2. The van der Waals surface area contributed by atoms with Crippen LogP contribution in [0.15, 0.2) is 24.3 Å². The summed E-state index contributed by atoms with van der Waals surface area (Å²) in [7, 11) is 0. The Labute approximate surface area is 84.3 Å². The minimum atomic E-state index is 0.113. The van der Waals surface area contributed by atoms with E-state index in [1.807, 2.05) is 6.08 Å². The zero-order valence-corrected chi connectivity index (χ0v) is 8.16. The molecule has 2 nitrogen and oxygen atoms in total. The van der Waals surface area contributed by atoms with Crippen molar-refractivity contribution in [3.8, 4) is 0 Å². The number of nitrogens with one attached hydrogen (secondary N) is 1. The van der Waals surface area contributed by atoms with Crippen molar-refractivity contribution in [2.75, 3.05) is 13.2 Å². The average molecular weight is 189 g/mol. The summed E-state index contributed by atoms with van der Waals surface area (Å²) in [5.74, 6) is 0. The Morgan fingerprint density at radius 1 is 1.43 bits per heavy atom. The van der Waals surface area contributed by atoms with Crippen LogP contribution in [0.25, 0.3) is 6.08 Å². The van der Waals surface area contributed by atoms with Gasteiger partial charge >= 0.3 is 0 Å². The fourth-order valence-electron chi connectivity index (χ4n) is 1.90. The number of hydrogen-bond acceptors (Lipinski definition) is 2. The molecule has 1 aliphatic heterocycles. The first-order valence-electron chi connectivity index (χ1n) is 5.00. The number of fused-ring (bicyclic) bond motifs is 1. The molecule has 1 heterocycles. The molecule has 0 saturated carbocycles. The van der Waals surface area contributed by atoms with Crippen molar-refractivity contribution in [3.63, 3.8) is 0 Å². The van der Waals surface area contributed by atoms with Crippen molar-refractivity contribution in [2.45, 2.75) is 13.0 Å². The Balaban J connectivity index is 2.35. The van der Waals surface area contributed by atoms with Gasteiger partial charge in [0.1, 0.15) is 0 Å². The fraction of sp³-hybridized carbons (Fsp3) is 0.333. The smallest absolute Gasteiger partial charge is 0.0615 e. The lowest BCUT2D eigenvalue weighted by atomic mass is 9.95. The van der Waals surface area contributed by atoms with Gasteiger partial charge in [0.05, 0.1) is 6.61 Å². The molecule has 0 saturated heterocycles. The second kappa shape index (κ2) is 4.40. The summed E-state index contributed by atoms with van der Waals surface area (Å²) in [6.45, 7) is 2.13. The third-order valence-electron chi connectivity index (χ3n) is 2.58. The number of aliphatic hydroxyl groups excluding tert-OH is 1. The molecular formula is C12H15NO. The lowest BCUT2D eigenvalue weighted by Crippen LogP contribution is -2.24. The topological polar surface area (TPSA) is 32.3 Å². The lowest BCUT2D eigenvalue weighted by molar-refractivity contribution is 0.343. The SMILES string of the molecule is OCC=Cc1cccc2c1CCNC2. The van der Waals surface area contributed by atoms with Gasteiger partial charge in [-0.1, -0.05) is 30.4 Å². The van der Waals surface area contributed by atoms with Gasteiger partial charge in [-0.15, -0.1) is 0 Å². The highest BCUT2D eigenvalue weighted by Crippen LogP contribution is 2.19. The maximum atomic E-state index is 8.73. The highest BCUT2D eigenvalue weighted by atomic mass is 16.2. The predicted molar refractivity (Wildman–Crippen MR) is 58.0 cm³/mol. The van der Waals surface area contributed by atoms with Crippen LogP contribution in [0.1, 0.15) is 16.7 Å². The Morgan fingerprint density at radius 2 is 2.36 bits per heavy atom. The summed E-state index contributed by atoms with van der Waals surface area (Å²) >= 11 is 0. The van der Waals surface area contributed by atoms with Crippen LogP contribution < -0.4 is 5.32 Å². The highest BCUT2D eigenvalue weighted by molar-refractivity contribution is 5.56. The van der Waals surface area contributed by atoms with Crippen LogP contribution in [0.3, 0.4) is 0 Å². The maximum absolute atomic E-state index is 8.73. The van der Waals surface area contributed by atoms with E-state index in [2.05, 4.69) is 23.5 Å². The van der Waals surface area contributed by atoms with E-state index in [0.717, 1.165) is 19.5 Å². The zero-order valence-electron chi connectivity index (χ0n) is 8.16.